The van der Waals surface area contributed by atoms with Crippen LogP contribution in [0.15, 0.2) is 12.2 Å². The molecule has 3 heteroatoms. The number of unbranched alkanes of at least 4 members (excludes halogenated alkanes) is 23. The maximum absolute atomic E-state index is 11.9. The first-order chi connectivity index (χ1) is 17.8. The zero-order valence-corrected chi connectivity index (χ0v) is 24.4. The van der Waals surface area contributed by atoms with Crippen LogP contribution in [0.1, 0.15) is 180 Å². The fourth-order valence-corrected chi connectivity index (χ4v) is 4.76. The molecule has 0 aromatic heterocycles. The zero-order valence-electron chi connectivity index (χ0n) is 24.4. The van der Waals surface area contributed by atoms with Crippen LogP contribution in [0.5, 0.6) is 0 Å². The Hall–Kier alpha value is -0.830. The van der Waals surface area contributed by atoms with Gasteiger partial charge in [-0.2, -0.15) is 0 Å². The third-order valence-electron chi connectivity index (χ3n) is 7.21. The van der Waals surface area contributed by atoms with Gasteiger partial charge in [0.05, 0.1) is 6.61 Å². The van der Waals surface area contributed by atoms with Gasteiger partial charge in [-0.15, -0.1) is 0 Å². The van der Waals surface area contributed by atoms with Crippen LogP contribution in [-0.2, 0) is 9.53 Å². The normalized spacial score (nSPS) is 11.5. The molecule has 0 radical (unpaired) electrons. The lowest BCUT2D eigenvalue weighted by Gasteiger charge is -2.05. The van der Waals surface area contributed by atoms with E-state index in [1.165, 1.54) is 141 Å². The number of hydrogen-bond donors (Lipinski definition) is 1. The van der Waals surface area contributed by atoms with Crippen molar-refractivity contribution in [2.75, 3.05) is 13.2 Å². The predicted molar refractivity (Wildman–Crippen MR) is 158 cm³/mol. The van der Waals surface area contributed by atoms with Gasteiger partial charge in [-0.1, -0.05) is 141 Å². The molecule has 0 bridgehead atoms. The molecule has 0 aromatic rings. The third kappa shape index (κ3) is 31.2. The fourth-order valence-electron chi connectivity index (χ4n) is 4.76. The molecule has 0 saturated carbocycles. The van der Waals surface area contributed by atoms with Crippen molar-refractivity contribution in [1.82, 2.24) is 0 Å². The molecule has 0 amide bonds. The molecular weight excluding hydrogens is 444 g/mol. The minimum absolute atomic E-state index is 0.00365. The number of aliphatic hydroxyl groups is 1. The number of allylic oxidation sites excluding steroid dienone is 2. The molecule has 36 heavy (non-hydrogen) atoms. The number of rotatable bonds is 30. The highest BCUT2D eigenvalue weighted by atomic mass is 16.5. The van der Waals surface area contributed by atoms with Crippen molar-refractivity contribution < 1.29 is 14.6 Å². The number of aliphatic hydroxyl groups excluding tert-OH is 1. The van der Waals surface area contributed by atoms with Gasteiger partial charge < -0.3 is 9.84 Å². The summed E-state index contributed by atoms with van der Waals surface area (Å²) in [6, 6.07) is 0. The molecular formula is C33H64O3. The maximum Gasteiger partial charge on any atom is 0.305 e. The van der Waals surface area contributed by atoms with Crippen molar-refractivity contribution >= 4 is 5.97 Å². The SMILES string of the molecule is CCCCCCCCC=CCCCCCCCCCC(=O)OCCCCCCCCCCCCCO. The van der Waals surface area contributed by atoms with Crippen molar-refractivity contribution in [3.8, 4) is 0 Å². The second-order valence-electron chi connectivity index (χ2n) is 10.9. The van der Waals surface area contributed by atoms with Crippen LogP contribution in [0.2, 0.25) is 0 Å². The monoisotopic (exact) mass is 508 g/mol. The smallest absolute Gasteiger partial charge is 0.305 e. The number of carbonyl (C=O) groups excluding carboxylic acids is 1. The van der Waals surface area contributed by atoms with Gasteiger partial charge in [0, 0.05) is 13.0 Å². The molecule has 0 aliphatic carbocycles. The fraction of sp³-hybridized carbons (Fsp3) is 0.909. The first kappa shape index (κ1) is 35.2. The summed E-state index contributed by atoms with van der Waals surface area (Å²) in [6.07, 6.45) is 38.4. The first-order valence-corrected chi connectivity index (χ1v) is 16.2. The van der Waals surface area contributed by atoms with Crippen molar-refractivity contribution in [2.45, 2.75) is 180 Å². The molecule has 0 rings (SSSR count). The summed E-state index contributed by atoms with van der Waals surface area (Å²) in [6.45, 7) is 3.23. The summed E-state index contributed by atoms with van der Waals surface area (Å²) in [5.74, 6) is 0.00365. The van der Waals surface area contributed by atoms with E-state index in [4.69, 9.17) is 9.84 Å². The number of ether oxygens (including phenoxy) is 1. The molecule has 0 spiro atoms. The molecule has 0 heterocycles. The summed E-state index contributed by atoms with van der Waals surface area (Å²) in [4.78, 5) is 11.9. The molecule has 214 valence electrons. The van der Waals surface area contributed by atoms with Crippen LogP contribution in [-0.4, -0.2) is 24.3 Å². The molecule has 0 unspecified atom stereocenters. The van der Waals surface area contributed by atoms with E-state index in [9.17, 15) is 4.79 Å². The average Bonchev–Trinajstić information content (AvgIpc) is 2.88. The van der Waals surface area contributed by atoms with Crippen LogP contribution in [0, 0.1) is 0 Å². The average molecular weight is 509 g/mol. The van der Waals surface area contributed by atoms with E-state index >= 15 is 0 Å². The van der Waals surface area contributed by atoms with Gasteiger partial charge in [-0.25, -0.2) is 0 Å². The van der Waals surface area contributed by atoms with Gasteiger partial charge in [-0.05, 0) is 44.9 Å². The van der Waals surface area contributed by atoms with Crippen molar-refractivity contribution in [1.29, 1.82) is 0 Å². The first-order valence-electron chi connectivity index (χ1n) is 16.2. The Morgan fingerprint density at radius 1 is 0.528 bits per heavy atom. The minimum atomic E-state index is 0.00365. The van der Waals surface area contributed by atoms with E-state index in [1.807, 2.05) is 0 Å². The molecule has 0 fully saturated rings. The van der Waals surface area contributed by atoms with Gasteiger partial charge in [0.25, 0.3) is 0 Å². The lowest BCUT2D eigenvalue weighted by molar-refractivity contribution is -0.143. The Labute approximate surface area is 226 Å². The number of hydrogen-bond acceptors (Lipinski definition) is 3. The summed E-state index contributed by atoms with van der Waals surface area (Å²) in [5, 5.41) is 8.76. The van der Waals surface area contributed by atoms with E-state index in [1.54, 1.807) is 0 Å². The lowest BCUT2D eigenvalue weighted by Crippen LogP contribution is -2.05. The molecule has 0 saturated heterocycles. The zero-order chi connectivity index (χ0) is 26.2. The van der Waals surface area contributed by atoms with Crippen LogP contribution in [0.25, 0.3) is 0 Å². The minimum Gasteiger partial charge on any atom is -0.466 e. The number of carbonyl (C=O) groups is 1. The highest BCUT2D eigenvalue weighted by molar-refractivity contribution is 5.69. The Bertz CT molecular complexity index is 446. The summed E-state index contributed by atoms with van der Waals surface area (Å²) in [7, 11) is 0. The predicted octanol–water partition coefficient (Wildman–Crippen LogP) is 10.6. The lowest BCUT2D eigenvalue weighted by atomic mass is 10.1. The van der Waals surface area contributed by atoms with Crippen molar-refractivity contribution in [3.05, 3.63) is 12.2 Å². The van der Waals surface area contributed by atoms with Crippen molar-refractivity contribution in [2.24, 2.45) is 0 Å². The Balaban J connectivity index is 3.18. The molecule has 0 aliphatic rings. The molecule has 0 aliphatic heterocycles. The van der Waals surface area contributed by atoms with Crippen molar-refractivity contribution in [3.63, 3.8) is 0 Å². The Kier molecular flexibility index (Phi) is 31.5. The van der Waals surface area contributed by atoms with Crippen LogP contribution in [0.3, 0.4) is 0 Å². The topological polar surface area (TPSA) is 46.5 Å². The second kappa shape index (κ2) is 32.2. The van der Waals surface area contributed by atoms with Crippen LogP contribution >= 0.6 is 0 Å². The Morgan fingerprint density at radius 3 is 1.39 bits per heavy atom. The van der Waals surface area contributed by atoms with Gasteiger partial charge in [0.15, 0.2) is 0 Å². The number of esters is 1. The largest absolute Gasteiger partial charge is 0.466 e. The molecule has 3 nitrogen and oxygen atoms in total. The Morgan fingerprint density at radius 2 is 0.917 bits per heavy atom. The van der Waals surface area contributed by atoms with E-state index in [0.717, 1.165) is 25.7 Å². The highest BCUT2D eigenvalue weighted by Gasteiger charge is 2.02. The van der Waals surface area contributed by atoms with Gasteiger partial charge in [-0.3, -0.25) is 4.79 Å². The standard InChI is InChI=1S/C33H64O3/c1-2-3-4-5-6-7-8-9-10-11-12-13-15-18-21-24-27-30-33(35)36-32-29-26-23-20-17-14-16-19-22-25-28-31-34/h9-10,34H,2-8,11-32H2,1H3. The molecule has 0 aromatic carbocycles. The van der Waals surface area contributed by atoms with Gasteiger partial charge in [0.2, 0.25) is 0 Å². The van der Waals surface area contributed by atoms with E-state index in [0.29, 0.717) is 19.6 Å². The molecule has 0 atom stereocenters. The van der Waals surface area contributed by atoms with E-state index in [-0.39, 0.29) is 5.97 Å². The van der Waals surface area contributed by atoms with Gasteiger partial charge in [0.1, 0.15) is 0 Å². The third-order valence-corrected chi connectivity index (χ3v) is 7.21. The summed E-state index contributed by atoms with van der Waals surface area (Å²) >= 11 is 0. The van der Waals surface area contributed by atoms with Crippen LogP contribution in [0.4, 0.5) is 0 Å². The summed E-state index contributed by atoms with van der Waals surface area (Å²) < 4.78 is 5.40. The van der Waals surface area contributed by atoms with E-state index in [2.05, 4.69) is 19.1 Å². The van der Waals surface area contributed by atoms with Gasteiger partial charge >= 0.3 is 5.97 Å². The quantitative estimate of drug-likeness (QED) is 0.0596. The summed E-state index contributed by atoms with van der Waals surface area (Å²) in [5.41, 5.74) is 0. The highest BCUT2D eigenvalue weighted by Crippen LogP contribution is 2.13. The second-order valence-corrected chi connectivity index (χ2v) is 10.9. The van der Waals surface area contributed by atoms with E-state index < -0.39 is 0 Å². The maximum atomic E-state index is 11.9. The van der Waals surface area contributed by atoms with Crippen LogP contribution < -0.4 is 0 Å². The molecule has 1 N–H and O–H groups in total.